The number of nitrogens with one attached hydrogen (secondary N) is 1. The number of anilines is 1. The molecular weight excluding hydrogens is 328 g/mol. The van der Waals surface area contributed by atoms with Gasteiger partial charge in [0, 0.05) is 18.1 Å². The third-order valence-corrected chi connectivity index (χ3v) is 4.14. The van der Waals surface area contributed by atoms with Gasteiger partial charge in [0.2, 0.25) is 5.91 Å². The Kier molecular flexibility index (Phi) is 5.01. The van der Waals surface area contributed by atoms with Crippen molar-refractivity contribution in [2.75, 3.05) is 24.6 Å². The Labute approximate surface area is 145 Å². The summed E-state index contributed by atoms with van der Waals surface area (Å²) in [5.74, 6) is 0.436. The molecule has 5 nitrogen and oxygen atoms in total. The SMILES string of the molecule is O=C(Cc1ccccc1Cl)NCCN1C(=O)COc2ccccc21. The van der Waals surface area contributed by atoms with Gasteiger partial charge in [-0.25, -0.2) is 0 Å². The molecule has 24 heavy (non-hydrogen) atoms. The summed E-state index contributed by atoms with van der Waals surface area (Å²) in [7, 11) is 0. The monoisotopic (exact) mass is 344 g/mol. The molecule has 0 unspecified atom stereocenters. The molecule has 1 aliphatic rings. The number of rotatable bonds is 5. The summed E-state index contributed by atoms with van der Waals surface area (Å²) in [6.07, 6.45) is 0.216. The number of benzene rings is 2. The number of halogens is 1. The molecule has 0 fully saturated rings. The highest BCUT2D eigenvalue weighted by molar-refractivity contribution is 6.31. The Morgan fingerprint density at radius 2 is 1.92 bits per heavy atom. The van der Waals surface area contributed by atoms with Crippen molar-refractivity contribution in [3.05, 3.63) is 59.1 Å². The van der Waals surface area contributed by atoms with Crippen LogP contribution in [0.4, 0.5) is 5.69 Å². The number of hydrogen-bond donors (Lipinski definition) is 1. The van der Waals surface area contributed by atoms with Crippen molar-refractivity contribution in [3.8, 4) is 5.75 Å². The van der Waals surface area contributed by atoms with Gasteiger partial charge in [-0.1, -0.05) is 41.9 Å². The second-order valence-electron chi connectivity index (χ2n) is 5.42. The maximum Gasteiger partial charge on any atom is 0.265 e. The van der Waals surface area contributed by atoms with Gasteiger partial charge in [0.25, 0.3) is 5.91 Å². The van der Waals surface area contributed by atoms with Crippen molar-refractivity contribution in [3.63, 3.8) is 0 Å². The van der Waals surface area contributed by atoms with Gasteiger partial charge in [-0.05, 0) is 23.8 Å². The molecular formula is C18H17ClN2O3. The summed E-state index contributed by atoms with van der Waals surface area (Å²) in [5.41, 5.74) is 1.51. The molecule has 124 valence electrons. The predicted molar refractivity (Wildman–Crippen MR) is 92.5 cm³/mol. The van der Waals surface area contributed by atoms with Crippen LogP contribution in [0.1, 0.15) is 5.56 Å². The molecule has 3 rings (SSSR count). The maximum atomic E-state index is 12.0. The lowest BCUT2D eigenvalue weighted by atomic mass is 10.1. The smallest absolute Gasteiger partial charge is 0.265 e. The van der Waals surface area contributed by atoms with Gasteiger partial charge in [0.05, 0.1) is 12.1 Å². The molecule has 0 saturated heterocycles. The number of nitrogens with zero attached hydrogens (tertiary/aromatic N) is 1. The van der Waals surface area contributed by atoms with Crippen LogP contribution in [0.3, 0.4) is 0 Å². The summed E-state index contributed by atoms with van der Waals surface area (Å²) in [6, 6.07) is 14.6. The molecule has 0 bridgehead atoms. The molecule has 2 aromatic rings. The molecule has 1 N–H and O–H groups in total. The first-order chi connectivity index (χ1) is 11.6. The Morgan fingerprint density at radius 1 is 1.17 bits per heavy atom. The van der Waals surface area contributed by atoms with E-state index in [-0.39, 0.29) is 24.8 Å². The highest BCUT2D eigenvalue weighted by Crippen LogP contribution is 2.30. The standard InChI is InChI=1S/C18H17ClN2O3/c19-14-6-2-1-5-13(14)11-17(22)20-9-10-21-15-7-3-4-8-16(15)24-12-18(21)23/h1-8H,9-12H2,(H,20,22). The average molecular weight is 345 g/mol. The van der Waals surface area contributed by atoms with E-state index in [4.69, 9.17) is 16.3 Å². The lowest BCUT2D eigenvalue weighted by molar-refractivity contribution is -0.122. The van der Waals surface area contributed by atoms with Crippen LogP contribution in [0.25, 0.3) is 0 Å². The van der Waals surface area contributed by atoms with Crippen molar-refractivity contribution < 1.29 is 14.3 Å². The minimum absolute atomic E-state index is 0.0184. The molecule has 0 radical (unpaired) electrons. The Hall–Kier alpha value is -2.53. The number of ether oxygens (including phenoxy) is 1. The zero-order chi connectivity index (χ0) is 16.9. The van der Waals surface area contributed by atoms with E-state index < -0.39 is 0 Å². The molecule has 0 aliphatic carbocycles. The quantitative estimate of drug-likeness (QED) is 0.906. The normalized spacial score (nSPS) is 13.2. The van der Waals surface area contributed by atoms with Gasteiger partial charge in [0.1, 0.15) is 5.75 Å². The number of carbonyl (C=O) groups is 2. The van der Waals surface area contributed by atoms with Crippen LogP contribution in [-0.4, -0.2) is 31.5 Å². The van der Waals surface area contributed by atoms with E-state index in [1.807, 2.05) is 42.5 Å². The largest absolute Gasteiger partial charge is 0.482 e. The van der Waals surface area contributed by atoms with Crippen molar-refractivity contribution >= 4 is 29.1 Å². The molecule has 2 aromatic carbocycles. The van der Waals surface area contributed by atoms with Crippen LogP contribution in [0, 0.1) is 0 Å². The van der Waals surface area contributed by atoms with Gasteiger partial charge in [-0.15, -0.1) is 0 Å². The Balaban J connectivity index is 1.56. The summed E-state index contributed by atoms with van der Waals surface area (Å²) < 4.78 is 5.39. The van der Waals surface area contributed by atoms with E-state index in [9.17, 15) is 9.59 Å². The lowest BCUT2D eigenvalue weighted by Gasteiger charge is -2.29. The van der Waals surface area contributed by atoms with Gasteiger partial charge in [-0.3, -0.25) is 9.59 Å². The molecule has 0 saturated carbocycles. The first kappa shape index (κ1) is 16.3. The molecule has 0 atom stereocenters. The van der Waals surface area contributed by atoms with Gasteiger partial charge < -0.3 is 15.0 Å². The zero-order valence-electron chi connectivity index (χ0n) is 13.0. The second-order valence-corrected chi connectivity index (χ2v) is 5.83. The van der Waals surface area contributed by atoms with Gasteiger partial charge >= 0.3 is 0 Å². The van der Waals surface area contributed by atoms with Crippen LogP contribution < -0.4 is 15.0 Å². The molecule has 1 aliphatic heterocycles. The topological polar surface area (TPSA) is 58.6 Å². The van der Waals surface area contributed by atoms with Gasteiger partial charge in [-0.2, -0.15) is 0 Å². The first-order valence-corrected chi connectivity index (χ1v) is 8.05. The fraction of sp³-hybridized carbons (Fsp3) is 0.222. The summed E-state index contributed by atoms with van der Waals surface area (Å²) in [5, 5.41) is 3.40. The molecule has 0 spiro atoms. The van der Waals surface area contributed by atoms with E-state index in [1.54, 1.807) is 11.0 Å². The highest BCUT2D eigenvalue weighted by atomic mass is 35.5. The third kappa shape index (κ3) is 3.68. The number of amides is 2. The minimum Gasteiger partial charge on any atom is -0.482 e. The summed E-state index contributed by atoms with van der Waals surface area (Å²) in [6.45, 7) is 0.779. The number of para-hydroxylation sites is 2. The highest BCUT2D eigenvalue weighted by Gasteiger charge is 2.24. The first-order valence-electron chi connectivity index (χ1n) is 7.67. The van der Waals surface area contributed by atoms with E-state index in [0.717, 1.165) is 11.3 Å². The van der Waals surface area contributed by atoms with Crippen LogP contribution in [0.5, 0.6) is 5.75 Å². The maximum absolute atomic E-state index is 12.0. The molecule has 6 heteroatoms. The summed E-state index contributed by atoms with van der Waals surface area (Å²) >= 11 is 6.05. The number of carbonyl (C=O) groups excluding carboxylic acids is 2. The van der Waals surface area contributed by atoms with E-state index in [2.05, 4.69) is 5.32 Å². The second kappa shape index (κ2) is 7.36. The summed E-state index contributed by atoms with van der Waals surface area (Å²) in [4.78, 5) is 25.7. The van der Waals surface area contributed by atoms with Crippen molar-refractivity contribution in [2.45, 2.75) is 6.42 Å². The molecule has 0 aromatic heterocycles. The minimum atomic E-state index is -0.128. The predicted octanol–water partition coefficient (Wildman–Crippen LogP) is 2.42. The van der Waals surface area contributed by atoms with Gasteiger partial charge in [0.15, 0.2) is 6.61 Å². The Morgan fingerprint density at radius 3 is 2.75 bits per heavy atom. The van der Waals surface area contributed by atoms with Crippen molar-refractivity contribution in [1.82, 2.24) is 5.32 Å². The van der Waals surface area contributed by atoms with Crippen LogP contribution in [-0.2, 0) is 16.0 Å². The number of hydrogen-bond acceptors (Lipinski definition) is 3. The van der Waals surface area contributed by atoms with E-state index in [0.29, 0.717) is 23.9 Å². The van der Waals surface area contributed by atoms with Crippen molar-refractivity contribution in [1.29, 1.82) is 0 Å². The number of fused-ring (bicyclic) bond motifs is 1. The lowest BCUT2D eigenvalue weighted by Crippen LogP contribution is -2.43. The van der Waals surface area contributed by atoms with E-state index >= 15 is 0 Å². The average Bonchev–Trinajstić information content (AvgIpc) is 2.59. The Bertz CT molecular complexity index is 763. The molecule has 1 heterocycles. The van der Waals surface area contributed by atoms with Crippen LogP contribution >= 0.6 is 11.6 Å². The molecule has 2 amide bonds. The van der Waals surface area contributed by atoms with E-state index in [1.165, 1.54) is 0 Å². The van der Waals surface area contributed by atoms with Crippen LogP contribution in [0.15, 0.2) is 48.5 Å². The third-order valence-electron chi connectivity index (χ3n) is 3.77. The van der Waals surface area contributed by atoms with Crippen LogP contribution in [0.2, 0.25) is 5.02 Å². The zero-order valence-corrected chi connectivity index (χ0v) is 13.8. The van der Waals surface area contributed by atoms with Crippen molar-refractivity contribution in [2.24, 2.45) is 0 Å². The fourth-order valence-electron chi connectivity index (χ4n) is 2.58. The fourth-order valence-corrected chi connectivity index (χ4v) is 2.79.